The van der Waals surface area contributed by atoms with E-state index in [4.69, 9.17) is 30.9 Å². The molecule has 0 amide bonds. The zero-order valence-corrected chi connectivity index (χ0v) is 87.3. The molecule has 7 nitrogen and oxygen atoms in total. The minimum atomic E-state index is -1.75. The number of benzene rings is 21. The van der Waals surface area contributed by atoms with Gasteiger partial charge in [-0.15, -0.1) is 0 Å². The first-order valence-electron chi connectivity index (χ1n) is 49.9. The predicted octanol–water partition coefficient (Wildman–Crippen LogP) is 39.8. The van der Waals surface area contributed by atoms with Crippen molar-refractivity contribution < 1.29 is 30.9 Å². The zero-order valence-electron chi connectivity index (χ0n) is 85.2. The third-order valence-corrected chi connectivity index (χ3v) is 34.7. The Labute approximate surface area is 835 Å². The van der Waals surface area contributed by atoms with E-state index >= 15 is 0 Å². The van der Waals surface area contributed by atoms with Crippen molar-refractivity contribution in [2.45, 2.75) is 140 Å². The van der Waals surface area contributed by atoms with Crippen molar-refractivity contribution in [3.8, 4) is 11.1 Å². The van der Waals surface area contributed by atoms with E-state index in [9.17, 15) is 0 Å². The summed E-state index contributed by atoms with van der Waals surface area (Å²) in [5, 5.41) is 31.9. The SMILES string of the molecule is Cc1cc2oc3cc(C(C)(C)C)ccc3c2cc1C.Cc1cc2oc3ccccc3c2cc1C.Cc1ccc2c(oc3c2ccc2c4ccccc4ccc23)c1C.Cc1ccc2c(oc3c4ccccc4ccc23)c1C.Cc1ccc2c(oc3cc(-c4cc[c]([Ge]([CH3])([CH3])[CH3])cc4)ccc32)c1C.Cc1ccc2c(oc3cc4c(ccc5ccccc54)cc32)c1C.Cc1ccc2c(oc3cc4ccccc4cc32)c1C. The fourth-order valence-corrected chi connectivity index (χ4v) is 23.1. The molecule has 0 fully saturated rings. The van der Waals surface area contributed by atoms with Gasteiger partial charge in [-0.05, 0) is 294 Å². The van der Waals surface area contributed by atoms with Crippen molar-refractivity contribution in [1.82, 2.24) is 0 Å². The normalized spacial score (nSPS) is 11.9. The van der Waals surface area contributed by atoms with Crippen LogP contribution in [0.4, 0.5) is 0 Å². The molecule has 0 spiro atoms. The third kappa shape index (κ3) is 16.9. The number of para-hydroxylation sites is 1. The Hall–Kier alpha value is -15.7. The molecule has 0 bridgehead atoms. The van der Waals surface area contributed by atoms with Gasteiger partial charge in [0, 0.05) is 75.4 Å². The average Bonchev–Trinajstić information content (AvgIpc) is 1.59. The molecule has 143 heavy (non-hydrogen) atoms. The Bertz CT molecular complexity index is 9920. The molecule has 0 aliphatic heterocycles. The molecule has 0 N–H and O–H groups in total. The minimum absolute atomic E-state index is 0.152. The van der Waals surface area contributed by atoms with E-state index in [-0.39, 0.29) is 5.41 Å². The van der Waals surface area contributed by atoms with Crippen molar-refractivity contribution in [2.75, 3.05) is 0 Å². The Morgan fingerprint density at radius 1 is 0.168 bits per heavy atom. The van der Waals surface area contributed by atoms with Gasteiger partial charge < -0.3 is 26.5 Å². The molecule has 702 valence electrons. The van der Waals surface area contributed by atoms with Gasteiger partial charge in [-0.25, -0.2) is 0 Å². The smallest absolute Gasteiger partial charge is 0.138 e. The summed E-state index contributed by atoms with van der Waals surface area (Å²) < 4.78 is 44.4. The molecule has 8 heteroatoms. The van der Waals surface area contributed by atoms with E-state index in [0.717, 1.165) is 78.2 Å². The predicted molar refractivity (Wildman–Crippen MR) is 615 cm³/mol. The molecule has 0 saturated carbocycles. The molecule has 0 saturated heterocycles. The maximum absolute atomic E-state index is 6.33. The molecule has 0 radical (unpaired) electrons. The van der Waals surface area contributed by atoms with Crippen LogP contribution < -0.4 is 4.40 Å². The summed E-state index contributed by atoms with van der Waals surface area (Å²) >= 11 is -1.75. The van der Waals surface area contributed by atoms with Gasteiger partial charge >= 0.3 is 152 Å². The standard InChI is InChI=1S/C23H24GeO.2C22H16O.2C18H14O.C18H20O.C14H12O/c1-15-6-12-21-20-13-9-18(14-22(20)25-23(21)16(15)2)17-7-10-19(11-8-17)24(3,4)5;1-13-7-10-18-20-11-16-9-8-15-5-3-4-6-17(15)19(16)12-21(20)23-22(18)14(13)2;1-13-7-9-19-20-12-11-17-16-6-4-3-5-15(16)8-10-18(17)22(20)23-21(19)14(13)2;1-11-7-9-15-16-10-8-13-5-3-4-6-14(13)18(16)19-17(15)12(11)2;1-11-7-8-15-16-9-13-5-3-4-6-14(13)10-17(16)19-18(15)12(11)2;1-11-8-15-14-7-6-13(18(3,4)5)10-17(14)19-16(15)9-12(11)2;1-9-7-12-11-5-3-4-6-13(11)15-14(12)8-10(9)2/h6-14H,1-5H3;2*3-12H,1-2H3;2*3-10H,1-2H3;6-10H,1-5H3;3-8H,1-2H3. The van der Waals surface area contributed by atoms with Crippen LogP contribution in [-0.4, -0.2) is 13.3 Å². The summed E-state index contributed by atoms with van der Waals surface area (Å²) in [4.78, 5) is 0. The van der Waals surface area contributed by atoms with Crippen LogP contribution in [0.5, 0.6) is 0 Å². The maximum Gasteiger partial charge on any atom is 0.138 e. The summed E-state index contributed by atoms with van der Waals surface area (Å²) in [6, 6.07) is 121. The zero-order chi connectivity index (χ0) is 99.0. The molecule has 7 aromatic heterocycles. The first-order valence-corrected chi connectivity index (χ1v) is 57.2. The summed E-state index contributed by atoms with van der Waals surface area (Å²) in [5.41, 5.74) is 35.6. The number of hydrogen-bond donors (Lipinski definition) is 0. The monoisotopic (exact) mass is 1920 g/mol. The second-order valence-electron chi connectivity index (χ2n) is 41.5. The molecule has 7 heterocycles. The molecule has 0 unspecified atom stereocenters. The summed E-state index contributed by atoms with van der Waals surface area (Å²) in [7, 11) is 0. The van der Waals surface area contributed by atoms with Crippen molar-refractivity contribution in [3.63, 3.8) is 0 Å². The molecule has 0 aliphatic rings. The Morgan fingerprint density at radius 3 is 0.979 bits per heavy atom. The van der Waals surface area contributed by atoms with Gasteiger partial charge in [-0.3, -0.25) is 0 Å². The number of hydrogen-bond acceptors (Lipinski definition) is 7. The van der Waals surface area contributed by atoms with Crippen LogP contribution in [0.3, 0.4) is 0 Å². The van der Waals surface area contributed by atoms with Crippen molar-refractivity contribution >= 4 is 236 Å². The molecular formula is C135H116GeO7. The largest absolute Gasteiger partial charge is 0.456 e. The molecule has 28 aromatic rings. The van der Waals surface area contributed by atoms with E-state index in [1.807, 2.05) is 18.2 Å². The number of rotatable bonds is 2. The van der Waals surface area contributed by atoms with Crippen molar-refractivity contribution in [3.05, 3.63) is 423 Å². The van der Waals surface area contributed by atoms with Gasteiger partial charge in [-0.1, -0.05) is 227 Å². The average molecular weight is 1920 g/mol. The third-order valence-electron chi connectivity index (χ3n) is 30.3. The van der Waals surface area contributed by atoms with Crippen LogP contribution in [0.25, 0.3) is 229 Å². The molecule has 0 atom stereocenters. The van der Waals surface area contributed by atoms with E-state index in [1.54, 1.807) is 4.40 Å². The molecule has 21 aromatic carbocycles. The van der Waals surface area contributed by atoms with Crippen molar-refractivity contribution in [2.24, 2.45) is 0 Å². The van der Waals surface area contributed by atoms with Crippen LogP contribution in [0.15, 0.2) is 371 Å². The van der Waals surface area contributed by atoms with E-state index in [0.29, 0.717) is 0 Å². The van der Waals surface area contributed by atoms with Gasteiger partial charge in [0.15, 0.2) is 0 Å². The fraction of sp³-hybridized carbons (Fsp3) is 0.156. The molecule has 0 aliphatic carbocycles. The van der Waals surface area contributed by atoms with Gasteiger partial charge in [0.05, 0.1) is 0 Å². The fourth-order valence-electron chi connectivity index (χ4n) is 20.6. The topological polar surface area (TPSA) is 92.0 Å². The van der Waals surface area contributed by atoms with Crippen LogP contribution in [0, 0.1) is 96.9 Å². The maximum atomic E-state index is 6.33. The van der Waals surface area contributed by atoms with Crippen LogP contribution in [-0.2, 0) is 5.41 Å². The Kier molecular flexibility index (Phi) is 23.5. The second-order valence-corrected chi connectivity index (χ2v) is 52.2. The van der Waals surface area contributed by atoms with Crippen LogP contribution in [0.1, 0.15) is 104 Å². The van der Waals surface area contributed by atoms with E-state index < -0.39 is 13.3 Å². The van der Waals surface area contributed by atoms with Gasteiger partial charge in [0.1, 0.15) is 67.0 Å². The minimum Gasteiger partial charge on any atom is -0.456 e. The number of fused-ring (bicyclic) bond motifs is 31. The van der Waals surface area contributed by atoms with Gasteiger partial charge in [0.25, 0.3) is 0 Å². The molecule has 28 rings (SSSR count). The summed E-state index contributed by atoms with van der Waals surface area (Å²) in [5.74, 6) is 7.29. The number of furan rings is 7. The van der Waals surface area contributed by atoms with Gasteiger partial charge in [-0.2, -0.15) is 0 Å². The second kappa shape index (κ2) is 36.4. The van der Waals surface area contributed by atoms with Crippen molar-refractivity contribution in [1.29, 1.82) is 0 Å². The van der Waals surface area contributed by atoms with Crippen LogP contribution in [0.2, 0.25) is 17.3 Å². The number of aryl methyl sites for hydroxylation is 14. The first kappa shape index (κ1) is 92.4. The summed E-state index contributed by atoms with van der Waals surface area (Å²) in [6.07, 6.45) is 0. The van der Waals surface area contributed by atoms with E-state index in [1.165, 1.54) is 235 Å². The first-order chi connectivity index (χ1) is 68.9. The van der Waals surface area contributed by atoms with Crippen LogP contribution >= 0.6 is 0 Å². The Balaban J connectivity index is 0.0000000959. The van der Waals surface area contributed by atoms with E-state index in [2.05, 4.69) is 456 Å². The summed E-state index contributed by atoms with van der Waals surface area (Å²) in [6.45, 7) is 36.5. The molecular weight excluding hydrogens is 1810 g/mol. The quantitative estimate of drug-likeness (QED) is 0.126. The Morgan fingerprint density at radius 2 is 0.469 bits per heavy atom. The van der Waals surface area contributed by atoms with Gasteiger partial charge in [0.2, 0.25) is 0 Å².